The zero-order chi connectivity index (χ0) is 7.72. The van der Waals surface area contributed by atoms with Crippen LogP contribution in [0.25, 0.3) is 0 Å². The largest absolute Gasteiger partial charge is 0.0831 e. The Hall–Kier alpha value is 0.470. The van der Waals surface area contributed by atoms with E-state index in [1.54, 1.807) is 0 Å². The standard InChI is InChI=1S/C7H5Br2Cl/c1-4-5(8)2-3-6(10)7(4)9/h2-3H,1H3. The molecule has 0 spiro atoms. The lowest BCUT2D eigenvalue weighted by atomic mass is 10.2. The summed E-state index contributed by atoms with van der Waals surface area (Å²) in [6.45, 7) is 2.00. The van der Waals surface area contributed by atoms with Gasteiger partial charge in [-0.3, -0.25) is 0 Å². The van der Waals surface area contributed by atoms with Crippen molar-refractivity contribution in [2.45, 2.75) is 6.92 Å². The Labute approximate surface area is 81.8 Å². The van der Waals surface area contributed by atoms with Crippen molar-refractivity contribution in [1.82, 2.24) is 0 Å². The lowest BCUT2D eigenvalue weighted by molar-refractivity contribution is 1.39. The molecular weight excluding hydrogens is 279 g/mol. The van der Waals surface area contributed by atoms with Crippen LogP contribution in [0, 0.1) is 6.92 Å². The average Bonchev–Trinajstić information content (AvgIpc) is 1.93. The van der Waals surface area contributed by atoms with E-state index in [-0.39, 0.29) is 0 Å². The minimum absolute atomic E-state index is 0.751. The van der Waals surface area contributed by atoms with Crippen LogP contribution in [-0.2, 0) is 0 Å². The number of rotatable bonds is 0. The van der Waals surface area contributed by atoms with Crippen LogP contribution in [0.1, 0.15) is 5.56 Å². The van der Waals surface area contributed by atoms with E-state index >= 15 is 0 Å². The molecule has 0 radical (unpaired) electrons. The van der Waals surface area contributed by atoms with Gasteiger partial charge >= 0.3 is 0 Å². The highest BCUT2D eigenvalue weighted by Crippen LogP contribution is 2.30. The second-order valence-corrected chi connectivity index (χ2v) is 4.02. The fraction of sp³-hybridized carbons (Fsp3) is 0.143. The third-order valence-corrected chi connectivity index (χ3v) is 3.70. The van der Waals surface area contributed by atoms with Gasteiger partial charge in [0.2, 0.25) is 0 Å². The Morgan fingerprint density at radius 2 is 1.90 bits per heavy atom. The third-order valence-electron chi connectivity index (χ3n) is 1.27. The monoisotopic (exact) mass is 282 g/mol. The van der Waals surface area contributed by atoms with Gasteiger partial charge in [0.1, 0.15) is 0 Å². The van der Waals surface area contributed by atoms with E-state index in [1.165, 1.54) is 0 Å². The zero-order valence-electron chi connectivity index (χ0n) is 5.29. The molecule has 0 atom stereocenters. The van der Waals surface area contributed by atoms with E-state index in [0.29, 0.717) is 0 Å². The normalized spacial score (nSPS) is 10.0. The van der Waals surface area contributed by atoms with E-state index in [2.05, 4.69) is 31.9 Å². The van der Waals surface area contributed by atoms with Crippen molar-refractivity contribution in [2.75, 3.05) is 0 Å². The fourth-order valence-corrected chi connectivity index (χ4v) is 1.78. The maximum absolute atomic E-state index is 5.82. The Morgan fingerprint density at radius 1 is 1.30 bits per heavy atom. The first-order valence-corrected chi connectivity index (χ1v) is 4.69. The molecule has 54 valence electrons. The minimum Gasteiger partial charge on any atom is -0.0831 e. The second kappa shape index (κ2) is 3.24. The summed E-state index contributed by atoms with van der Waals surface area (Å²) in [4.78, 5) is 0. The highest BCUT2D eigenvalue weighted by molar-refractivity contribution is 9.11. The van der Waals surface area contributed by atoms with Gasteiger partial charge in [0.05, 0.1) is 5.02 Å². The first kappa shape index (κ1) is 8.57. The first-order chi connectivity index (χ1) is 4.63. The molecule has 0 aliphatic rings. The summed E-state index contributed by atoms with van der Waals surface area (Å²) < 4.78 is 2.03. The minimum atomic E-state index is 0.751. The van der Waals surface area contributed by atoms with Gasteiger partial charge in [0.15, 0.2) is 0 Å². The fourth-order valence-electron chi connectivity index (χ4n) is 0.628. The van der Waals surface area contributed by atoms with Crippen molar-refractivity contribution in [3.63, 3.8) is 0 Å². The molecule has 0 unspecified atom stereocenters. The van der Waals surface area contributed by atoms with Gasteiger partial charge in [-0.15, -0.1) is 0 Å². The molecule has 10 heavy (non-hydrogen) atoms. The summed E-state index contributed by atoms with van der Waals surface area (Å²) in [6.07, 6.45) is 0. The average molecular weight is 284 g/mol. The molecule has 1 rings (SSSR count). The lowest BCUT2D eigenvalue weighted by Crippen LogP contribution is -1.78. The molecule has 1 aromatic carbocycles. The van der Waals surface area contributed by atoms with E-state index < -0.39 is 0 Å². The summed E-state index contributed by atoms with van der Waals surface area (Å²) in [5, 5.41) is 0.751. The van der Waals surface area contributed by atoms with Crippen LogP contribution >= 0.6 is 43.5 Å². The molecule has 1 aromatic rings. The van der Waals surface area contributed by atoms with Crippen LogP contribution in [-0.4, -0.2) is 0 Å². The van der Waals surface area contributed by atoms with Gasteiger partial charge in [-0.05, 0) is 40.5 Å². The molecular formula is C7H5Br2Cl. The van der Waals surface area contributed by atoms with Crippen molar-refractivity contribution in [3.8, 4) is 0 Å². The molecule has 3 heteroatoms. The summed E-state index contributed by atoms with van der Waals surface area (Å²) in [6, 6.07) is 3.78. The molecule has 0 fully saturated rings. The molecule has 0 bridgehead atoms. The molecule has 0 saturated heterocycles. The molecule has 0 nitrogen and oxygen atoms in total. The van der Waals surface area contributed by atoms with Gasteiger partial charge in [-0.25, -0.2) is 0 Å². The lowest BCUT2D eigenvalue weighted by Gasteiger charge is -2.01. The van der Waals surface area contributed by atoms with Crippen molar-refractivity contribution < 1.29 is 0 Å². The zero-order valence-corrected chi connectivity index (χ0v) is 9.22. The Morgan fingerprint density at radius 3 is 2.40 bits per heavy atom. The SMILES string of the molecule is Cc1c(Br)ccc(Cl)c1Br. The quantitative estimate of drug-likeness (QED) is 0.627. The van der Waals surface area contributed by atoms with E-state index in [4.69, 9.17) is 11.6 Å². The van der Waals surface area contributed by atoms with Crippen LogP contribution in [0.2, 0.25) is 5.02 Å². The van der Waals surface area contributed by atoms with Gasteiger partial charge in [0, 0.05) is 8.95 Å². The van der Waals surface area contributed by atoms with Crippen molar-refractivity contribution >= 4 is 43.5 Å². The highest BCUT2D eigenvalue weighted by Gasteiger charge is 2.02. The highest BCUT2D eigenvalue weighted by atomic mass is 79.9. The third kappa shape index (κ3) is 1.55. The van der Waals surface area contributed by atoms with Crippen LogP contribution in [0.5, 0.6) is 0 Å². The van der Waals surface area contributed by atoms with Crippen LogP contribution in [0.3, 0.4) is 0 Å². The second-order valence-electron chi connectivity index (χ2n) is 1.97. The maximum atomic E-state index is 5.82. The van der Waals surface area contributed by atoms with Crippen molar-refractivity contribution in [1.29, 1.82) is 0 Å². The van der Waals surface area contributed by atoms with Gasteiger partial charge in [-0.2, -0.15) is 0 Å². The number of benzene rings is 1. The predicted molar refractivity (Wildman–Crippen MR) is 51.6 cm³/mol. The summed E-state index contributed by atoms with van der Waals surface area (Å²) in [5.41, 5.74) is 1.13. The first-order valence-electron chi connectivity index (χ1n) is 2.73. The van der Waals surface area contributed by atoms with Gasteiger partial charge < -0.3 is 0 Å². The molecule has 0 amide bonds. The maximum Gasteiger partial charge on any atom is 0.0551 e. The molecule has 0 aromatic heterocycles. The Bertz CT molecular complexity index is 231. The number of hydrogen-bond acceptors (Lipinski definition) is 0. The Kier molecular flexibility index (Phi) is 2.78. The van der Waals surface area contributed by atoms with Gasteiger partial charge in [-0.1, -0.05) is 27.5 Å². The summed E-state index contributed by atoms with van der Waals surface area (Å²) in [7, 11) is 0. The molecule has 0 aliphatic carbocycles. The molecule has 0 saturated carbocycles. The molecule has 0 aliphatic heterocycles. The van der Waals surface area contributed by atoms with Crippen LogP contribution < -0.4 is 0 Å². The topological polar surface area (TPSA) is 0 Å². The summed E-state index contributed by atoms with van der Waals surface area (Å²) in [5.74, 6) is 0. The van der Waals surface area contributed by atoms with E-state index in [0.717, 1.165) is 19.5 Å². The number of hydrogen-bond donors (Lipinski definition) is 0. The van der Waals surface area contributed by atoms with Crippen LogP contribution in [0.4, 0.5) is 0 Å². The van der Waals surface area contributed by atoms with Crippen molar-refractivity contribution in [2.24, 2.45) is 0 Å². The molecule has 0 heterocycles. The van der Waals surface area contributed by atoms with Crippen LogP contribution in [0.15, 0.2) is 21.1 Å². The predicted octanol–water partition coefficient (Wildman–Crippen LogP) is 4.17. The van der Waals surface area contributed by atoms with Gasteiger partial charge in [0.25, 0.3) is 0 Å². The van der Waals surface area contributed by atoms with Crippen molar-refractivity contribution in [3.05, 3.63) is 31.7 Å². The molecule has 0 N–H and O–H groups in total. The summed E-state index contributed by atoms with van der Waals surface area (Å²) >= 11 is 12.6. The Balaban J connectivity index is 3.34. The number of halogens is 3. The smallest absolute Gasteiger partial charge is 0.0551 e. The van der Waals surface area contributed by atoms with E-state index in [9.17, 15) is 0 Å². The van der Waals surface area contributed by atoms with E-state index in [1.807, 2.05) is 19.1 Å².